The molecule has 0 aromatic heterocycles. The smallest absolute Gasteiger partial charge is 0.0622 e. The average Bonchev–Trinajstić information content (AvgIpc) is 2.69. The molecule has 0 aliphatic carbocycles. The van der Waals surface area contributed by atoms with E-state index in [1.165, 1.54) is 75.3 Å². The molecule has 2 rings (SSSR count). The molecule has 0 saturated heterocycles. The Hall–Kier alpha value is -0.0800. The van der Waals surface area contributed by atoms with Gasteiger partial charge in [-0.15, -0.1) is 0 Å². The first kappa shape index (κ1) is 24.2. The zero-order chi connectivity index (χ0) is 20.1. The van der Waals surface area contributed by atoms with E-state index in [1.807, 2.05) is 0 Å². The van der Waals surface area contributed by atoms with Crippen molar-refractivity contribution in [2.45, 2.75) is 70.1 Å². The Labute approximate surface area is 189 Å². The van der Waals surface area contributed by atoms with Crippen molar-refractivity contribution in [1.82, 2.24) is 0 Å². The zero-order valence-electron chi connectivity index (χ0n) is 17.0. The first-order chi connectivity index (χ1) is 13.6. The minimum absolute atomic E-state index is 0.531. The van der Waals surface area contributed by atoms with Gasteiger partial charge in [0.25, 0.3) is 0 Å². The van der Waals surface area contributed by atoms with E-state index < -0.39 is 4.87 Å². The van der Waals surface area contributed by atoms with Crippen molar-refractivity contribution in [2.24, 2.45) is 0 Å². The molecule has 0 N–H and O–H groups in total. The van der Waals surface area contributed by atoms with E-state index >= 15 is 0 Å². The quantitative estimate of drug-likeness (QED) is 0.142. The molecule has 28 heavy (non-hydrogen) atoms. The molecule has 0 saturated carbocycles. The summed E-state index contributed by atoms with van der Waals surface area (Å²) in [5, 5.41) is 0. The maximum atomic E-state index is 4.47. The van der Waals surface area contributed by atoms with Gasteiger partial charge in [-0.1, -0.05) is 60.7 Å². The second-order valence-electron chi connectivity index (χ2n) is 7.87. The minimum atomic E-state index is -1.72. The van der Waals surface area contributed by atoms with Gasteiger partial charge in [-0.3, -0.25) is 0 Å². The molecule has 0 aliphatic rings. The number of benzene rings is 2. The van der Waals surface area contributed by atoms with Gasteiger partial charge in [0.05, 0.1) is 0 Å². The Kier molecular flexibility index (Phi) is 12.1. The molecule has 4 heteroatoms. The Morgan fingerprint density at radius 1 is 0.536 bits per heavy atom. The van der Waals surface area contributed by atoms with Crippen LogP contribution < -0.4 is 0 Å². The van der Waals surface area contributed by atoms with Crippen LogP contribution in [0, 0.1) is 0 Å². The summed E-state index contributed by atoms with van der Waals surface area (Å²) >= 11 is 13.4. The molecule has 0 amide bonds. The molecular formula is C24H37PS3. The van der Waals surface area contributed by atoms with Crippen LogP contribution in [0.5, 0.6) is 0 Å². The second-order valence-corrected chi connectivity index (χ2v) is 20.0. The minimum Gasteiger partial charge on any atom is -0.0622 e. The topological polar surface area (TPSA) is 0 Å². The van der Waals surface area contributed by atoms with Crippen molar-refractivity contribution in [1.29, 1.82) is 0 Å². The van der Waals surface area contributed by atoms with Gasteiger partial charge in [0, 0.05) is 0 Å². The van der Waals surface area contributed by atoms with Crippen LogP contribution in [0.3, 0.4) is 0 Å². The van der Waals surface area contributed by atoms with E-state index in [1.54, 1.807) is 0 Å². The van der Waals surface area contributed by atoms with Gasteiger partial charge >= 0.3 is 118 Å². The van der Waals surface area contributed by atoms with Crippen molar-refractivity contribution in [2.75, 3.05) is 6.16 Å². The van der Waals surface area contributed by atoms with E-state index in [9.17, 15) is 0 Å². The molecule has 0 fully saturated rings. The molecule has 0 heterocycles. The van der Waals surface area contributed by atoms with Gasteiger partial charge in [0.2, 0.25) is 0 Å². The molecule has 0 unspecified atom stereocenters. The molecule has 0 radical (unpaired) electrons. The monoisotopic (exact) mass is 452 g/mol. The van der Waals surface area contributed by atoms with Crippen molar-refractivity contribution >= 4 is 41.6 Å². The molecule has 2 aromatic carbocycles. The third kappa shape index (κ3) is 10.6. The second kappa shape index (κ2) is 14.0. The molecule has 0 spiro atoms. The molecule has 2 aromatic rings. The number of hydrogen-bond donors (Lipinski definition) is 3. The van der Waals surface area contributed by atoms with E-state index in [2.05, 4.69) is 97.4 Å². The van der Waals surface area contributed by atoms with Crippen LogP contribution in [-0.4, -0.2) is 6.16 Å². The predicted octanol–water partition coefficient (Wildman–Crippen LogP) is 9.00. The van der Waals surface area contributed by atoms with Crippen molar-refractivity contribution in [3.8, 4) is 0 Å². The van der Waals surface area contributed by atoms with Crippen LogP contribution in [0.25, 0.3) is 0 Å². The van der Waals surface area contributed by atoms with Crippen LogP contribution in [0.2, 0.25) is 0 Å². The Balaban J connectivity index is 1.59. The molecule has 156 valence electrons. The Bertz CT molecular complexity index is 586. The van der Waals surface area contributed by atoms with Crippen LogP contribution in [0.15, 0.2) is 60.7 Å². The number of unbranched alkanes of at least 4 members (excludes halogenated alkanes) is 8. The van der Waals surface area contributed by atoms with Crippen molar-refractivity contribution in [3.63, 3.8) is 0 Å². The number of thiol groups is 3. The third-order valence-corrected chi connectivity index (χ3v) is 8.45. The van der Waals surface area contributed by atoms with Gasteiger partial charge in [-0.2, -0.15) is 0 Å². The van der Waals surface area contributed by atoms with E-state index in [4.69, 9.17) is 0 Å². The van der Waals surface area contributed by atoms with Gasteiger partial charge in [0.15, 0.2) is 0 Å². The summed E-state index contributed by atoms with van der Waals surface area (Å²) in [6, 6.07) is 22.0. The zero-order valence-corrected chi connectivity index (χ0v) is 20.7. The summed E-state index contributed by atoms with van der Waals surface area (Å²) in [7, 11) is 0. The molecule has 0 nitrogen and oxygen atoms in total. The van der Waals surface area contributed by atoms with Gasteiger partial charge in [-0.05, 0) is 11.1 Å². The summed E-state index contributed by atoms with van der Waals surface area (Å²) < 4.78 is 0. The van der Waals surface area contributed by atoms with Gasteiger partial charge in [-0.25, -0.2) is 0 Å². The fourth-order valence-corrected chi connectivity index (χ4v) is 5.99. The first-order valence-electron chi connectivity index (χ1n) is 10.8. The summed E-state index contributed by atoms with van der Waals surface area (Å²) in [4.78, 5) is -1.72. The molecule has 0 aliphatic heterocycles. The fourth-order valence-electron chi connectivity index (χ4n) is 3.84. The van der Waals surface area contributed by atoms with Gasteiger partial charge in [0.1, 0.15) is 0 Å². The van der Waals surface area contributed by atoms with Crippen molar-refractivity contribution < 1.29 is 0 Å². The first-order valence-corrected chi connectivity index (χ1v) is 16.9. The Morgan fingerprint density at radius 2 is 0.929 bits per heavy atom. The molecule has 0 bridgehead atoms. The van der Waals surface area contributed by atoms with E-state index in [0.29, 0.717) is 5.92 Å². The van der Waals surface area contributed by atoms with Crippen LogP contribution in [-0.2, 0) is 0 Å². The fraction of sp³-hybridized carbons (Fsp3) is 0.500. The maximum absolute atomic E-state index is 4.47. The van der Waals surface area contributed by atoms with Crippen LogP contribution in [0.4, 0.5) is 0 Å². The summed E-state index contributed by atoms with van der Waals surface area (Å²) in [6.45, 7) is 0. The van der Waals surface area contributed by atoms with E-state index in [-0.39, 0.29) is 0 Å². The number of rotatable bonds is 14. The normalized spacial score (nSPS) is 12.4. The standard InChI is InChI=1S/C24H37PS3/c26-25(27,28)21-15-7-5-3-1-2-4-6-14-20-24(22-16-10-8-11-17-22)23-18-12-9-13-19-23/h8-13,16-19,24-28H,1-7,14-15,20-21H2. The predicted molar refractivity (Wildman–Crippen MR) is 141 cm³/mol. The molecule has 0 atom stereocenters. The summed E-state index contributed by atoms with van der Waals surface area (Å²) in [5.74, 6) is 0.531. The van der Waals surface area contributed by atoms with Crippen LogP contribution >= 0.6 is 41.6 Å². The Morgan fingerprint density at radius 3 is 1.36 bits per heavy atom. The van der Waals surface area contributed by atoms with Gasteiger partial charge < -0.3 is 0 Å². The summed E-state index contributed by atoms with van der Waals surface area (Å²) in [5.41, 5.74) is 2.90. The number of hydrogen-bond acceptors (Lipinski definition) is 3. The van der Waals surface area contributed by atoms with Crippen molar-refractivity contribution in [3.05, 3.63) is 71.8 Å². The summed E-state index contributed by atoms with van der Waals surface area (Å²) in [6.07, 6.45) is 14.4. The SMILES string of the molecule is S[PH](S)(S)CCCCCCCCCCCC(c1ccccc1)c1ccccc1. The average molecular weight is 453 g/mol. The van der Waals surface area contributed by atoms with E-state index in [0.717, 1.165) is 6.16 Å². The molecular weight excluding hydrogens is 415 g/mol. The third-order valence-electron chi connectivity index (χ3n) is 5.41. The van der Waals surface area contributed by atoms with Crippen LogP contribution in [0.1, 0.15) is 81.3 Å².